The Morgan fingerprint density at radius 1 is 1.05 bits per heavy atom. The molecular formula is C18H28O. The lowest BCUT2D eigenvalue weighted by atomic mass is 9.82. The summed E-state index contributed by atoms with van der Waals surface area (Å²) >= 11 is 0. The zero-order valence-electron chi connectivity index (χ0n) is 12.7. The lowest BCUT2D eigenvalue weighted by Crippen LogP contribution is -2.25. The predicted octanol–water partition coefficient (Wildman–Crippen LogP) is 4.47. The van der Waals surface area contributed by atoms with Gasteiger partial charge in [0, 0.05) is 0 Å². The number of benzene rings is 1. The van der Waals surface area contributed by atoms with Gasteiger partial charge in [0.15, 0.2) is 0 Å². The van der Waals surface area contributed by atoms with Gasteiger partial charge in [0.05, 0.1) is 6.10 Å². The van der Waals surface area contributed by atoms with E-state index in [1.165, 1.54) is 43.2 Å². The molecule has 0 bridgehead atoms. The van der Waals surface area contributed by atoms with E-state index in [4.69, 9.17) is 0 Å². The van der Waals surface area contributed by atoms with Gasteiger partial charge in [0.25, 0.3) is 0 Å². The van der Waals surface area contributed by atoms with Gasteiger partial charge in [-0.1, -0.05) is 64.3 Å². The first kappa shape index (κ1) is 14.6. The van der Waals surface area contributed by atoms with Gasteiger partial charge in [0.2, 0.25) is 0 Å². The van der Waals surface area contributed by atoms with E-state index in [1.807, 2.05) is 0 Å². The Hall–Kier alpha value is -0.820. The minimum Gasteiger partial charge on any atom is -0.392 e. The maximum atomic E-state index is 10.4. The Bertz CT molecular complexity index is 379. The first-order valence-electron chi connectivity index (χ1n) is 7.74. The van der Waals surface area contributed by atoms with Gasteiger partial charge in [-0.25, -0.2) is 0 Å². The molecule has 1 nitrogen and oxygen atoms in total. The molecule has 0 aromatic heterocycles. The highest BCUT2D eigenvalue weighted by molar-refractivity contribution is 5.27. The third-order valence-corrected chi connectivity index (χ3v) is 4.46. The summed E-state index contributed by atoms with van der Waals surface area (Å²) in [5, 5.41) is 10.4. The lowest BCUT2D eigenvalue weighted by molar-refractivity contribution is 0.0851. The second-order valence-electron chi connectivity index (χ2n) is 7.12. The molecule has 0 spiro atoms. The van der Waals surface area contributed by atoms with Gasteiger partial charge in [-0.15, -0.1) is 0 Å². The third kappa shape index (κ3) is 4.07. The van der Waals surface area contributed by atoms with Crippen LogP contribution in [0.15, 0.2) is 24.3 Å². The van der Waals surface area contributed by atoms with Crippen LogP contribution in [0.1, 0.15) is 64.0 Å². The van der Waals surface area contributed by atoms with Crippen LogP contribution in [-0.4, -0.2) is 11.2 Å². The summed E-state index contributed by atoms with van der Waals surface area (Å²) < 4.78 is 0. The zero-order chi connectivity index (χ0) is 13.9. The van der Waals surface area contributed by atoms with Crippen LogP contribution in [0.3, 0.4) is 0 Å². The Morgan fingerprint density at radius 3 is 2.16 bits per heavy atom. The van der Waals surface area contributed by atoms with Crippen molar-refractivity contribution in [3.63, 3.8) is 0 Å². The molecule has 0 radical (unpaired) electrons. The summed E-state index contributed by atoms with van der Waals surface area (Å²) in [6.45, 7) is 6.71. The van der Waals surface area contributed by atoms with Crippen LogP contribution in [0, 0.1) is 5.92 Å². The first-order chi connectivity index (χ1) is 8.97. The molecule has 0 aliphatic heterocycles. The minimum absolute atomic E-state index is 0.152. The van der Waals surface area contributed by atoms with Crippen LogP contribution in [0.5, 0.6) is 0 Å². The zero-order valence-corrected chi connectivity index (χ0v) is 12.7. The Kier molecular flexibility index (Phi) is 4.67. The van der Waals surface area contributed by atoms with Gasteiger partial charge in [-0.05, 0) is 41.7 Å². The van der Waals surface area contributed by atoms with E-state index < -0.39 is 0 Å². The van der Waals surface area contributed by atoms with E-state index in [9.17, 15) is 5.11 Å². The van der Waals surface area contributed by atoms with Gasteiger partial charge in [-0.3, -0.25) is 0 Å². The maximum Gasteiger partial charge on any atom is 0.0608 e. The molecule has 1 unspecified atom stereocenters. The van der Waals surface area contributed by atoms with Gasteiger partial charge in [-0.2, -0.15) is 0 Å². The molecule has 1 aromatic rings. The van der Waals surface area contributed by atoms with Crippen molar-refractivity contribution >= 4 is 0 Å². The Balaban J connectivity index is 1.95. The molecule has 1 heteroatoms. The SMILES string of the molecule is CC(C)(C)c1ccc(CC(O)C2CCCCC2)cc1. The summed E-state index contributed by atoms with van der Waals surface area (Å²) in [5.74, 6) is 0.524. The molecule has 106 valence electrons. The van der Waals surface area contributed by atoms with Gasteiger partial charge < -0.3 is 5.11 Å². The molecule has 1 N–H and O–H groups in total. The fourth-order valence-corrected chi connectivity index (χ4v) is 3.07. The molecule has 2 rings (SSSR count). The molecule has 1 saturated carbocycles. The second kappa shape index (κ2) is 6.09. The molecule has 19 heavy (non-hydrogen) atoms. The second-order valence-corrected chi connectivity index (χ2v) is 7.12. The highest BCUT2D eigenvalue weighted by Crippen LogP contribution is 2.28. The number of hydrogen-bond acceptors (Lipinski definition) is 1. The molecule has 1 aliphatic carbocycles. The van der Waals surface area contributed by atoms with Crippen LogP contribution < -0.4 is 0 Å². The quantitative estimate of drug-likeness (QED) is 0.850. The topological polar surface area (TPSA) is 20.2 Å². The fraction of sp³-hybridized carbons (Fsp3) is 0.667. The molecule has 0 heterocycles. The van der Waals surface area contributed by atoms with E-state index in [-0.39, 0.29) is 11.5 Å². The maximum absolute atomic E-state index is 10.4. The van der Waals surface area contributed by atoms with E-state index in [1.54, 1.807) is 0 Å². The molecule has 1 fully saturated rings. The highest BCUT2D eigenvalue weighted by atomic mass is 16.3. The van der Waals surface area contributed by atoms with Crippen molar-refractivity contribution in [3.05, 3.63) is 35.4 Å². The van der Waals surface area contributed by atoms with Crippen LogP contribution in [-0.2, 0) is 11.8 Å². The third-order valence-electron chi connectivity index (χ3n) is 4.46. The monoisotopic (exact) mass is 260 g/mol. The lowest BCUT2D eigenvalue weighted by Gasteiger charge is -2.27. The van der Waals surface area contributed by atoms with Gasteiger partial charge in [0.1, 0.15) is 0 Å². The highest BCUT2D eigenvalue weighted by Gasteiger charge is 2.22. The van der Waals surface area contributed by atoms with Crippen LogP contribution in [0.25, 0.3) is 0 Å². The summed E-state index contributed by atoms with van der Waals surface area (Å²) in [5.41, 5.74) is 2.84. The first-order valence-corrected chi connectivity index (χ1v) is 7.74. The molecule has 1 aliphatic rings. The standard InChI is InChI=1S/C18H28O/c1-18(2,3)16-11-9-14(10-12-16)13-17(19)15-7-5-4-6-8-15/h9-12,15,17,19H,4-8,13H2,1-3H3. The van der Waals surface area contributed by atoms with Crippen molar-refractivity contribution in [1.82, 2.24) is 0 Å². The predicted molar refractivity (Wildman–Crippen MR) is 81.4 cm³/mol. The number of rotatable bonds is 3. The van der Waals surface area contributed by atoms with Crippen molar-refractivity contribution in [1.29, 1.82) is 0 Å². The molecule has 1 atom stereocenters. The minimum atomic E-state index is -0.152. The Morgan fingerprint density at radius 2 is 1.63 bits per heavy atom. The summed E-state index contributed by atoms with van der Waals surface area (Å²) in [6, 6.07) is 8.80. The van der Waals surface area contributed by atoms with Crippen molar-refractivity contribution in [2.45, 2.75) is 70.8 Å². The van der Waals surface area contributed by atoms with Crippen molar-refractivity contribution in [2.24, 2.45) is 5.92 Å². The van der Waals surface area contributed by atoms with Crippen LogP contribution >= 0.6 is 0 Å². The number of aliphatic hydroxyl groups excluding tert-OH is 1. The van der Waals surface area contributed by atoms with Crippen molar-refractivity contribution in [3.8, 4) is 0 Å². The average molecular weight is 260 g/mol. The Labute approximate surface area is 118 Å². The largest absolute Gasteiger partial charge is 0.392 e. The molecular weight excluding hydrogens is 232 g/mol. The van der Waals surface area contributed by atoms with Crippen LogP contribution in [0.2, 0.25) is 0 Å². The molecule has 1 aromatic carbocycles. The smallest absolute Gasteiger partial charge is 0.0608 e. The molecule has 0 saturated heterocycles. The van der Waals surface area contributed by atoms with Crippen LogP contribution in [0.4, 0.5) is 0 Å². The number of hydrogen-bond donors (Lipinski definition) is 1. The average Bonchev–Trinajstić information content (AvgIpc) is 2.39. The van der Waals surface area contributed by atoms with E-state index >= 15 is 0 Å². The van der Waals surface area contributed by atoms with E-state index in [0.29, 0.717) is 5.92 Å². The summed E-state index contributed by atoms with van der Waals surface area (Å²) in [4.78, 5) is 0. The fourth-order valence-electron chi connectivity index (χ4n) is 3.07. The summed E-state index contributed by atoms with van der Waals surface area (Å²) in [6.07, 6.45) is 7.02. The molecule has 0 amide bonds. The summed E-state index contributed by atoms with van der Waals surface area (Å²) in [7, 11) is 0. The number of aliphatic hydroxyl groups is 1. The van der Waals surface area contributed by atoms with Crippen molar-refractivity contribution in [2.75, 3.05) is 0 Å². The normalized spacial score (nSPS) is 19.4. The van der Waals surface area contributed by atoms with Gasteiger partial charge >= 0.3 is 0 Å². The van der Waals surface area contributed by atoms with E-state index in [2.05, 4.69) is 45.0 Å². The van der Waals surface area contributed by atoms with Crippen molar-refractivity contribution < 1.29 is 5.11 Å². The van der Waals surface area contributed by atoms with E-state index in [0.717, 1.165) is 6.42 Å².